The molecule has 1 aliphatic rings. The Kier molecular flexibility index (Phi) is 7.83. The van der Waals surface area contributed by atoms with E-state index in [1.54, 1.807) is 11.0 Å². The monoisotopic (exact) mass is 470 g/mol. The molecule has 3 aromatic carbocycles. The Labute approximate surface area is 204 Å². The van der Waals surface area contributed by atoms with Crippen molar-refractivity contribution in [2.24, 2.45) is 4.99 Å². The molecule has 34 heavy (non-hydrogen) atoms. The van der Waals surface area contributed by atoms with Gasteiger partial charge in [-0.25, -0.2) is 4.99 Å². The lowest BCUT2D eigenvalue weighted by Gasteiger charge is -2.13. The third-order valence-corrected chi connectivity index (χ3v) is 5.99. The molecule has 1 saturated heterocycles. The molecule has 6 heteroatoms. The molecule has 1 fully saturated rings. The summed E-state index contributed by atoms with van der Waals surface area (Å²) >= 11 is 1.36. The van der Waals surface area contributed by atoms with Crippen LogP contribution in [0.5, 0.6) is 11.5 Å². The highest BCUT2D eigenvalue weighted by Gasteiger charge is 2.32. The fraction of sp³-hybridized carbons (Fsp3) is 0.143. The second-order valence-electron chi connectivity index (χ2n) is 7.46. The molecular weight excluding hydrogens is 444 g/mol. The van der Waals surface area contributed by atoms with Crippen LogP contribution in [0.1, 0.15) is 18.1 Å². The van der Waals surface area contributed by atoms with Crippen LogP contribution in [0.25, 0.3) is 6.08 Å². The third kappa shape index (κ3) is 5.77. The van der Waals surface area contributed by atoms with Crippen molar-refractivity contribution in [3.05, 3.63) is 108 Å². The van der Waals surface area contributed by atoms with Crippen molar-refractivity contribution in [1.82, 2.24) is 4.90 Å². The maximum Gasteiger partial charge on any atom is 0.267 e. The zero-order valence-corrected chi connectivity index (χ0v) is 19.8. The Morgan fingerprint density at radius 3 is 2.41 bits per heavy atom. The molecule has 0 unspecified atom stereocenters. The minimum atomic E-state index is -0.0954. The fourth-order valence-electron chi connectivity index (χ4n) is 3.38. The van der Waals surface area contributed by atoms with E-state index in [0.717, 1.165) is 16.8 Å². The Balaban J connectivity index is 1.58. The molecule has 0 N–H and O–H groups in total. The molecule has 1 amide bonds. The largest absolute Gasteiger partial charge is 0.490 e. The number of nitrogens with zero attached hydrogens (tertiary/aromatic N) is 2. The van der Waals surface area contributed by atoms with Crippen LogP contribution in [0, 0.1) is 0 Å². The Morgan fingerprint density at radius 1 is 0.971 bits per heavy atom. The van der Waals surface area contributed by atoms with E-state index in [2.05, 4.69) is 11.6 Å². The van der Waals surface area contributed by atoms with Crippen LogP contribution in [0.2, 0.25) is 0 Å². The van der Waals surface area contributed by atoms with Gasteiger partial charge in [0.25, 0.3) is 5.91 Å². The number of rotatable bonds is 9. The standard InChI is InChI=1S/C28H26N2O3S/c1-3-17-30-27(31)26(34-28(30)29-23-13-9-6-10-14-23)19-22-15-16-24(25(18-22)32-4-2)33-20-21-11-7-5-8-12-21/h3,5-16,18-19H,1,4,17,20H2,2H3/b26-19+,29-28?. The van der Waals surface area contributed by atoms with Crippen LogP contribution in [-0.4, -0.2) is 29.1 Å². The lowest BCUT2D eigenvalue weighted by atomic mass is 10.1. The molecule has 0 spiro atoms. The molecular formula is C28H26N2O3S. The summed E-state index contributed by atoms with van der Waals surface area (Å²) in [6.45, 7) is 7.07. The van der Waals surface area contributed by atoms with Gasteiger partial charge in [0.05, 0.1) is 17.2 Å². The van der Waals surface area contributed by atoms with Crippen LogP contribution >= 0.6 is 11.8 Å². The second-order valence-corrected chi connectivity index (χ2v) is 8.47. The van der Waals surface area contributed by atoms with Gasteiger partial charge in [-0.05, 0) is 60.2 Å². The highest BCUT2D eigenvalue weighted by Crippen LogP contribution is 2.36. The van der Waals surface area contributed by atoms with Gasteiger partial charge in [-0.1, -0.05) is 60.7 Å². The summed E-state index contributed by atoms with van der Waals surface area (Å²) in [6, 6.07) is 25.3. The van der Waals surface area contributed by atoms with E-state index in [9.17, 15) is 4.79 Å². The second kappa shape index (κ2) is 11.4. The molecule has 0 saturated carbocycles. The van der Waals surface area contributed by atoms with E-state index in [4.69, 9.17) is 9.47 Å². The molecule has 1 heterocycles. The Hall–Kier alpha value is -3.77. The molecule has 1 aliphatic heterocycles. The normalized spacial score (nSPS) is 15.7. The number of amidine groups is 1. The number of benzene rings is 3. The Morgan fingerprint density at radius 2 is 1.71 bits per heavy atom. The number of amides is 1. The van der Waals surface area contributed by atoms with Crippen molar-refractivity contribution in [2.45, 2.75) is 13.5 Å². The first-order valence-electron chi connectivity index (χ1n) is 11.1. The van der Waals surface area contributed by atoms with Crippen LogP contribution in [0.4, 0.5) is 5.69 Å². The highest BCUT2D eigenvalue weighted by atomic mass is 32.2. The SMILES string of the molecule is C=CCN1C(=O)/C(=C\c2ccc(OCc3ccccc3)c(OCC)c2)SC1=Nc1ccccc1. The zero-order chi connectivity index (χ0) is 23.8. The first kappa shape index (κ1) is 23.4. The quantitative estimate of drug-likeness (QED) is 0.266. The smallest absolute Gasteiger partial charge is 0.267 e. The average molecular weight is 471 g/mol. The van der Waals surface area contributed by atoms with Crippen molar-refractivity contribution in [2.75, 3.05) is 13.2 Å². The third-order valence-electron chi connectivity index (χ3n) is 4.98. The maximum absolute atomic E-state index is 13.1. The summed E-state index contributed by atoms with van der Waals surface area (Å²) in [5.74, 6) is 1.21. The van der Waals surface area contributed by atoms with Gasteiger partial charge in [0.1, 0.15) is 6.61 Å². The van der Waals surface area contributed by atoms with Gasteiger partial charge in [-0.2, -0.15) is 0 Å². The molecule has 0 aliphatic carbocycles. The Bertz CT molecular complexity index is 1210. The topological polar surface area (TPSA) is 51.1 Å². The molecule has 3 aromatic rings. The van der Waals surface area contributed by atoms with Crippen molar-refractivity contribution >= 4 is 34.6 Å². The number of carbonyl (C=O) groups excluding carboxylic acids is 1. The number of aliphatic imine (C=N–C) groups is 1. The predicted octanol–water partition coefficient (Wildman–Crippen LogP) is 6.45. The molecule has 0 radical (unpaired) electrons. The summed E-state index contributed by atoms with van der Waals surface area (Å²) in [5, 5.41) is 0.634. The van der Waals surface area contributed by atoms with Gasteiger partial charge in [0.15, 0.2) is 16.7 Å². The molecule has 0 aromatic heterocycles. The predicted molar refractivity (Wildman–Crippen MR) is 139 cm³/mol. The zero-order valence-electron chi connectivity index (χ0n) is 19.0. The molecule has 5 nitrogen and oxygen atoms in total. The van der Waals surface area contributed by atoms with Gasteiger partial charge in [-0.15, -0.1) is 6.58 Å². The van der Waals surface area contributed by atoms with Crippen LogP contribution in [0.15, 0.2) is 101 Å². The molecule has 0 bridgehead atoms. The minimum absolute atomic E-state index is 0.0954. The van der Waals surface area contributed by atoms with Gasteiger partial charge < -0.3 is 9.47 Å². The molecule has 172 valence electrons. The number of carbonyl (C=O) groups is 1. The highest BCUT2D eigenvalue weighted by molar-refractivity contribution is 8.18. The molecule has 0 atom stereocenters. The fourth-order valence-corrected chi connectivity index (χ4v) is 4.39. The van der Waals surface area contributed by atoms with E-state index in [-0.39, 0.29) is 5.91 Å². The first-order chi connectivity index (χ1) is 16.7. The van der Waals surface area contributed by atoms with E-state index >= 15 is 0 Å². The summed E-state index contributed by atoms with van der Waals surface area (Å²) in [6.07, 6.45) is 3.56. The lowest BCUT2D eigenvalue weighted by Crippen LogP contribution is -2.29. The van der Waals surface area contributed by atoms with Crippen molar-refractivity contribution in [3.8, 4) is 11.5 Å². The van der Waals surface area contributed by atoms with E-state index in [1.807, 2.05) is 91.9 Å². The number of para-hydroxylation sites is 1. The van der Waals surface area contributed by atoms with Gasteiger partial charge in [0, 0.05) is 6.54 Å². The van der Waals surface area contributed by atoms with Gasteiger partial charge in [0.2, 0.25) is 0 Å². The minimum Gasteiger partial charge on any atom is -0.490 e. The maximum atomic E-state index is 13.1. The van der Waals surface area contributed by atoms with Gasteiger partial charge >= 0.3 is 0 Å². The van der Waals surface area contributed by atoms with Gasteiger partial charge in [-0.3, -0.25) is 9.69 Å². The molecule has 4 rings (SSSR count). The number of thioether (sulfide) groups is 1. The van der Waals surface area contributed by atoms with E-state index < -0.39 is 0 Å². The summed E-state index contributed by atoms with van der Waals surface area (Å²) in [4.78, 5) is 20.0. The summed E-state index contributed by atoms with van der Waals surface area (Å²) in [5.41, 5.74) is 2.73. The van der Waals surface area contributed by atoms with Crippen LogP contribution in [-0.2, 0) is 11.4 Å². The number of ether oxygens (including phenoxy) is 2. The number of hydrogen-bond acceptors (Lipinski definition) is 5. The summed E-state index contributed by atoms with van der Waals surface area (Å²) < 4.78 is 11.8. The number of hydrogen-bond donors (Lipinski definition) is 0. The van der Waals surface area contributed by atoms with Crippen molar-refractivity contribution in [3.63, 3.8) is 0 Å². The van der Waals surface area contributed by atoms with Crippen LogP contribution < -0.4 is 9.47 Å². The summed E-state index contributed by atoms with van der Waals surface area (Å²) in [7, 11) is 0. The van der Waals surface area contributed by atoms with E-state index in [0.29, 0.717) is 41.3 Å². The average Bonchev–Trinajstić information content (AvgIpc) is 3.14. The van der Waals surface area contributed by atoms with Crippen LogP contribution in [0.3, 0.4) is 0 Å². The van der Waals surface area contributed by atoms with E-state index in [1.165, 1.54) is 11.8 Å². The van der Waals surface area contributed by atoms with Crippen molar-refractivity contribution < 1.29 is 14.3 Å². The van der Waals surface area contributed by atoms with Crippen molar-refractivity contribution in [1.29, 1.82) is 0 Å². The lowest BCUT2D eigenvalue weighted by molar-refractivity contribution is -0.121. The first-order valence-corrected chi connectivity index (χ1v) is 11.9.